The number of hydrogen-bond donors (Lipinski definition) is 1. The molecule has 1 aliphatic rings. The molecule has 0 saturated carbocycles. The highest BCUT2D eigenvalue weighted by Crippen LogP contribution is 2.14. The number of carbonyl (C=O) groups excluding carboxylic acids is 1. The van der Waals surface area contributed by atoms with Gasteiger partial charge in [-0.1, -0.05) is 0 Å². The summed E-state index contributed by atoms with van der Waals surface area (Å²) in [7, 11) is 0. The van der Waals surface area contributed by atoms with Crippen molar-refractivity contribution in [3.05, 3.63) is 18.1 Å². The highest BCUT2D eigenvalue weighted by molar-refractivity contribution is 5.92. The summed E-state index contributed by atoms with van der Waals surface area (Å²) in [5.74, 6) is 0.602. The molecule has 1 fully saturated rings. The van der Waals surface area contributed by atoms with Gasteiger partial charge < -0.3 is 15.0 Å². The molecule has 0 aliphatic carbocycles. The summed E-state index contributed by atoms with van der Waals surface area (Å²) in [6.07, 6.45) is 5.38. The lowest BCUT2D eigenvalue weighted by Crippen LogP contribution is -2.37. The van der Waals surface area contributed by atoms with Crippen molar-refractivity contribution in [1.29, 1.82) is 0 Å². The summed E-state index contributed by atoms with van der Waals surface area (Å²) >= 11 is 0. The molecule has 1 aromatic rings. The number of anilines is 1. The summed E-state index contributed by atoms with van der Waals surface area (Å²) < 4.78 is 5.58. The first-order valence-corrected chi connectivity index (χ1v) is 7.21. The van der Waals surface area contributed by atoms with Crippen molar-refractivity contribution in [2.75, 3.05) is 31.6 Å². The molecule has 0 bridgehead atoms. The first-order chi connectivity index (χ1) is 9.74. The molecular formula is C14H22N4O2. The average molecular weight is 278 g/mol. The monoisotopic (exact) mass is 278 g/mol. The van der Waals surface area contributed by atoms with Crippen LogP contribution >= 0.6 is 0 Å². The molecule has 1 N–H and O–H groups in total. The van der Waals surface area contributed by atoms with Gasteiger partial charge in [0.05, 0.1) is 18.5 Å². The summed E-state index contributed by atoms with van der Waals surface area (Å²) in [6, 6.07) is 0. The Balaban J connectivity index is 1.99. The zero-order chi connectivity index (χ0) is 14.4. The van der Waals surface area contributed by atoms with Crippen LogP contribution in [0.1, 0.15) is 37.2 Å². The fourth-order valence-electron chi connectivity index (χ4n) is 2.26. The van der Waals surface area contributed by atoms with Gasteiger partial charge in [-0.3, -0.25) is 4.79 Å². The third kappa shape index (κ3) is 3.66. The fourth-order valence-corrected chi connectivity index (χ4v) is 2.26. The SMILES string of the molecule is CCNc1cnc(C(=O)N(CC)CC2CCCO2)cn1. The second-order valence-electron chi connectivity index (χ2n) is 4.80. The molecular weight excluding hydrogens is 256 g/mol. The van der Waals surface area contributed by atoms with E-state index < -0.39 is 0 Å². The lowest BCUT2D eigenvalue weighted by Gasteiger charge is -2.23. The molecule has 1 atom stereocenters. The van der Waals surface area contributed by atoms with Gasteiger partial charge >= 0.3 is 0 Å². The van der Waals surface area contributed by atoms with Crippen molar-refractivity contribution in [2.24, 2.45) is 0 Å². The summed E-state index contributed by atoms with van der Waals surface area (Å²) in [5, 5.41) is 3.06. The van der Waals surface area contributed by atoms with Crippen LogP contribution in [0.3, 0.4) is 0 Å². The molecule has 110 valence electrons. The van der Waals surface area contributed by atoms with Crippen molar-refractivity contribution in [1.82, 2.24) is 14.9 Å². The topological polar surface area (TPSA) is 67.4 Å². The van der Waals surface area contributed by atoms with Crippen molar-refractivity contribution >= 4 is 11.7 Å². The minimum Gasteiger partial charge on any atom is -0.376 e. The van der Waals surface area contributed by atoms with Gasteiger partial charge in [0.25, 0.3) is 5.91 Å². The summed E-state index contributed by atoms with van der Waals surface area (Å²) in [4.78, 5) is 22.5. The Morgan fingerprint density at radius 3 is 2.85 bits per heavy atom. The van der Waals surface area contributed by atoms with Crippen LogP contribution in [-0.4, -0.2) is 53.1 Å². The predicted octanol–water partition coefficient (Wildman–Crippen LogP) is 1.55. The average Bonchev–Trinajstić information content (AvgIpc) is 2.98. The molecule has 2 rings (SSSR count). The normalized spacial score (nSPS) is 18.0. The van der Waals surface area contributed by atoms with Gasteiger partial charge in [0.1, 0.15) is 11.5 Å². The number of nitrogens with one attached hydrogen (secondary N) is 1. The van der Waals surface area contributed by atoms with Crippen LogP contribution in [0.25, 0.3) is 0 Å². The number of hydrogen-bond acceptors (Lipinski definition) is 5. The van der Waals surface area contributed by atoms with Crippen molar-refractivity contribution in [3.63, 3.8) is 0 Å². The van der Waals surface area contributed by atoms with Gasteiger partial charge in [0.15, 0.2) is 0 Å². The zero-order valence-electron chi connectivity index (χ0n) is 12.1. The molecule has 6 heteroatoms. The Morgan fingerprint density at radius 1 is 1.45 bits per heavy atom. The van der Waals surface area contributed by atoms with E-state index in [9.17, 15) is 4.79 Å². The van der Waals surface area contributed by atoms with Gasteiger partial charge in [0.2, 0.25) is 0 Å². The molecule has 2 heterocycles. The Labute approximate surface area is 119 Å². The van der Waals surface area contributed by atoms with Crippen molar-refractivity contribution < 1.29 is 9.53 Å². The van der Waals surface area contributed by atoms with E-state index >= 15 is 0 Å². The first kappa shape index (κ1) is 14.7. The van der Waals surface area contributed by atoms with Crippen LogP contribution in [0.2, 0.25) is 0 Å². The van der Waals surface area contributed by atoms with Crippen LogP contribution in [-0.2, 0) is 4.74 Å². The Morgan fingerprint density at radius 2 is 2.30 bits per heavy atom. The standard InChI is InChI=1S/C14H22N4O2/c1-3-15-13-9-16-12(8-17-13)14(19)18(4-2)10-11-6-5-7-20-11/h8-9,11H,3-7,10H2,1-2H3,(H,15,17). The number of ether oxygens (including phenoxy) is 1. The largest absolute Gasteiger partial charge is 0.376 e. The summed E-state index contributed by atoms with van der Waals surface area (Å²) in [6.45, 7) is 6.81. The van der Waals surface area contributed by atoms with Gasteiger partial charge in [-0.25, -0.2) is 9.97 Å². The van der Waals surface area contributed by atoms with Crippen LogP contribution in [0.5, 0.6) is 0 Å². The number of nitrogens with zero attached hydrogens (tertiary/aromatic N) is 3. The molecule has 0 spiro atoms. The van der Waals surface area contributed by atoms with Crippen molar-refractivity contribution in [2.45, 2.75) is 32.8 Å². The number of likely N-dealkylation sites (N-methyl/N-ethyl adjacent to an activating group) is 1. The molecule has 0 aromatic carbocycles. The van der Waals surface area contributed by atoms with E-state index in [1.807, 2.05) is 13.8 Å². The Bertz CT molecular complexity index is 429. The Kier molecular flexibility index (Phi) is 5.29. The van der Waals surface area contributed by atoms with E-state index in [1.165, 1.54) is 6.20 Å². The number of amides is 1. The van der Waals surface area contributed by atoms with Crippen molar-refractivity contribution in [3.8, 4) is 0 Å². The predicted molar refractivity (Wildman–Crippen MR) is 76.7 cm³/mol. The summed E-state index contributed by atoms with van der Waals surface area (Å²) in [5.41, 5.74) is 0.381. The minimum absolute atomic E-state index is 0.0847. The van der Waals surface area contributed by atoms with Crippen LogP contribution in [0, 0.1) is 0 Å². The second kappa shape index (κ2) is 7.19. The molecule has 1 aliphatic heterocycles. The number of carbonyl (C=O) groups is 1. The Hall–Kier alpha value is -1.69. The van der Waals surface area contributed by atoms with Gasteiger partial charge in [0, 0.05) is 26.2 Å². The number of aromatic nitrogens is 2. The van der Waals surface area contributed by atoms with Crippen LogP contribution in [0.4, 0.5) is 5.82 Å². The lowest BCUT2D eigenvalue weighted by molar-refractivity contribution is 0.0534. The lowest BCUT2D eigenvalue weighted by atomic mass is 10.2. The van der Waals surface area contributed by atoms with E-state index in [2.05, 4.69) is 15.3 Å². The van der Waals surface area contributed by atoms with Gasteiger partial charge in [-0.15, -0.1) is 0 Å². The number of rotatable bonds is 6. The van der Waals surface area contributed by atoms with Crippen LogP contribution in [0.15, 0.2) is 12.4 Å². The highest BCUT2D eigenvalue weighted by Gasteiger charge is 2.23. The van der Waals surface area contributed by atoms with E-state index in [4.69, 9.17) is 4.74 Å². The molecule has 1 aromatic heterocycles. The molecule has 0 radical (unpaired) electrons. The first-order valence-electron chi connectivity index (χ1n) is 7.21. The molecule has 6 nitrogen and oxygen atoms in total. The van der Waals surface area contributed by atoms with E-state index in [-0.39, 0.29) is 12.0 Å². The van der Waals surface area contributed by atoms with E-state index in [0.29, 0.717) is 24.6 Å². The smallest absolute Gasteiger partial charge is 0.274 e. The quantitative estimate of drug-likeness (QED) is 0.855. The maximum atomic E-state index is 12.4. The minimum atomic E-state index is -0.0847. The fraction of sp³-hybridized carbons (Fsp3) is 0.643. The molecule has 20 heavy (non-hydrogen) atoms. The molecule has 1 saturated heterocycles. The maximum Gasteiger partial charge on any atom is 0.274 e. The maximum absolute atomic E-state index is 12.4. The third-order valence-electron chi connectivity index (χ3n) is 3.35. The third-order valence-corrected chi connectivity index (χ3v) is 3.35. The highest BCUT2D eigenvalue weighted by atomic mass is 16.5. The molecule has 1 unspecified atom stereocenters. The molecule has 1 amide bonds. The second-order valence-corrected chi connectivity index (χ2v) is 4.80. The zero-order valence-corrected chi connectivity index (χ0v) is 12.1. The van der Waals surface area contributed by atoms with E-state index in [1.54, 1.807) is 11.1 Å². The van der Waals surface area contributed by atoms with E-state index in [0.717, 1.165) is 26.0 Å². The van der Waals surface area contributed by atoms with Gasteiger partial charge in [-0.2, -0.15) is 0 Å². The van der Waals surface area contributed by atoms with Crippen LogP contribution < -0.4 is 5.32 Å². The van der Waals surface area contributed by atoms with Gasteiger partial charge in [-0.05, 0) is 26.7 Å².